The molecule has 0 bridgehead atoms. The number of benzene rings is 6. The zero-order valence-electron chi connectivity index (χ0n) is 26.1. The van der Waals surface area contributed by atoms with Crippen molar-refractivity contribution in [2.45, 2.75) is 13.3 Å². The van der Waals surface area contributed by atoms with Crippen molar-refractivity contribution >= 4 is 54.8 Å². The van der Waals surface area contributed by atoms with Gasteiger partial charge in [-0.05, 0) is 83.1 Å². The molecular formula is C44H31N3. The maximum Gasteiger partial charge on any atom is 0.101 e. The van der Waals surface area contributed by atoms with Crippen LogP contribution in [0.3, 0.4) is 0 Å². The summed E-state index contributed by atoms with van der Waals surface area (Å²) in [6.45, 7) is 2.30. The Morgan fingerprint density at radius 1 is 0.553 bits per heavy atom. The highest BCUT2D eigenvalue weighted by atomic mass is 15.0. The molecule has 0 aliphatic heterocycles. The van der Waals surface area contributed by atoms with Crippen LogP contribution >= 0.6 is 0 Å². The van der Waals surface area contributed by atoms with Gasteiger partial charge in [-0.1, -0.05) is 110 Å². The third-order valence-electron chi connectivity index (χ3n) is 9.84. The summed E-state index contributed by atoms with van der Waals surface area (Å²) >= 11 is 0. The fourth-order valence-corrected chi connectivity index (χ4v) is 7.65. The van der Waals surface area contributed by atoms with Crippen molar-refractivity contribution in [3.8, 4) is 17.4 Å². The maximum absolute atomic E-state index is 10.4. The number of fused-ring (bicyclic) bond motifs is 6. The predicted octanol–water partition coefficient (Wildman–Crippen LogP) is 11.3. The highest BCUT2D eigenvalue weighted by Gasteiger charge is 2.22. The molecule has 1 aliphatic carbocycles. The quantitative estimate of drug-likeness (QED) is 0.198. The van der Waals surface area contributed by atoms with E-state index in [-0.39, 0.29) is 0 Å². The highest BCUT2D eigenvalue weighted by Crippen LogP contribution is 2.41. The fourth-order valence-electron chi connectivity index (χ4n) is 7.65. The van der Waals surface area contributed by atoms with E-state index in [1.54, 1.807) is 0 Å². The third-order valence-corrected chi connectivity index (χ3v) is 9.84. The van der Waals surface area contributed by atoms with Gasteiger partial charge in [-0.2, -0.15) is 5.26 Å². The molecule has 3 heteroatoms. The molecule has 0 fully saturated rings. The van der Waals surface area contributed by atoms with Crippen LogP contribution in [0.4, 0.5) is 0 Å². The minimum absolute atomic E-state index is 0.345. The summed E-state index contributed by atoms with van der Waals surface area (Å²) in [6.07, 6.45) is 5.52. The first kappa shape index (κ1) is 27.2. The molecule has 222 valence electrons. The van der Waals surface area contributed by atoms with Gasteiger partial charge in [0.05, 0.1) is 33.3 Å². The average molecular weight is 602 g/mol. The summed E-state index contributed by atoms with van der Waals surface area (Å²) in [6, 6.07) is 52.0. The molecule has 9 rings (SSSR count). The number of para-hydroxylation sites is 3. The Morgan fingerprint density at radius 3 is 1.81 bits per heavy atom. The molecule has 2 aromatic heterocycles. The van der Waals surface area contributed by atoms with E-state index in [2.05, 4.69) is 168 Å². The number of hydrogen-bond donors (Lipinski definition) is 0. The van der Waals surface area contributed by atoms with Crippen LogP contribution < -0.4 is 0 Å². The van der Waals surface area contributed by atoms with E-state index in [4.69, 9.17) is 0 Å². The first-order valence-electron chi connectivity index (χ1n) is 16.2. The molecule has 0 spiro atoms. The molecule has 0 unspecified atom stereocenters. The minimum atomic E-state index is 0.345. The van der Waals surface area contributed by atoms with Gasteiger partial charge >= 0.3 is 0 Å². The van der Waals surface area contributed by atoms with Crippen LogP contribution in [-0.4, -0.2) is 9.13 Å². The first-order valence-corrected chi connectivity index (χ1v) is 16.2. The van der Waals surface area contributed by atoms with Gasteiger partial charge in [0.2, 0.25) is 0 Å². The molecule has 1 atom stereocenters. The summed E-state index contributed by atoms with van der Waals surface area (Å²) in [5.41, 5.74) is 12.3. The Labute approximate surface area is 273 Å². The summed E-state index contributed by atoms with van der Waals surface area (Å²) in [4.78, 5) is 0. The van der Waals surface area contributed by atoms with Crippen molar-refractivity contribution in [3.63, 3.8) is 0 Å². The van der Waals surface area contributed by atoms with Gasteiger partial charge in [0.25, 0.3) is 0 Å². The molecule has 0 saturated carbocycles. The van der Waals surface area contributed by atoms with E-state index in [0.29, 0.717) is 11.5 Å². The lowest BCUT2D eigenvalue weighted by Crippen LogP contribution is -2.06. The second-order valence-corrected chi connectivity index (χ2v) is 12.6. The average Bonchev–Trinajstić information content (AvgIpc) is 3.63. The summed E-state index contributed by atoms with van der Waals surface area (Å²) in [5.74, 6) is 0.345. The molecule has 6 aromatic carbocycles. The number of nitriles is 1. The van der Waals surface area contributed by atoms with Crippen LogP contribution in [0.2, 0.25) is 0 Å². The largest absolute Gasteiger partial charge is 0.309 e. The van der Waals surface area contributed by atoms with E-state index < -0.39 is 0 Å². The zero-order chi connectivity index (χ0) is 31.5. The second kappa shape index (κ2) is 10.8. The van der Waals surface area contributed by atoms with Gasteiger partial charge in [0.1, 0.15) is 6.07 Å². The van der Waals surface area contributed by atoms with Crippen LogP contribution in [0.25, 0.3) is 66.1 Å². The molecule has 0 amide bonds. The van der Waals surface area contributed by atoms with Gasteiger partial charge in [-0.25, -0.2) is 0 Å². The molecule has 0 N–H and O–H groups in total. The van der Waals surface area contributed by atoms with E-state index in [0.717, 1.165) is 34.4 Å². The predicted molar refractivity (Wildman–Crippen MR) is 196 cm³/mol. The lowest BCUT2D eigenvalue weighted by Gasteiger charge is -2.23. The number of allylic oxidation sites excluding steroid dienone is 4. The fraction of sp³-hybridized carbons (Fsp3) is 0.0682. The summed E-state index contributed by atoms with van der Waals surface area (Å²) in [7, 11) is 0. The van der Waals surface area contributed by atoms with Crippen molar-refractivity contribution in [1.82, 2.24) is 9.13 Å². The van der Waals surface area contributed by atoms with Crippen molar-refractivity contribution in [3.05, 3.63) is 168 Å². The lowest BCUT2D eigenvalue weighted by atomic mass is 9.82. The molecule has 2 heterocycles. The van der Waals surface area contributed by atoms with E-state index >= 15 is 0 Å². The van der Waals surface area contributed by atoms with Crippen LogP contribution in [0.5, 0.6) is 0 Å². The normalized spacial score (nSPS) is 14.9. The van der Waals surface area contributed by atoms with Crippen LogP contribution in [-0.2, 0) is 0 Å². The first-order chi connectivity index (χ1) is 23.2. The Balaban J connectivity index is 1.30. The molecular weight excluding hydrogens is 571 g/mol. The lowest BCUT2D eigenvalue weighted by molar-refractivity contribution is 0.770. The highest BCUT2D eigenvalue weighted by molar-refractivity contribution is 6.19. The Hall–Kier alpha value is -6.11. The van der Waals surface area contributed by atoms with Crippen molar-refractivity contribution in [1.29, 1.82) is 5.26 Å². The zero-order valence-corrected chi connectivity index (χ0v) is 26.1. The molecule has 47 heavy (non-hydrogen) atoms. The van der Waals surface area contributed by atoms with E-state index in [1.807, 2.05) is 6.07 Å². The maximum atomic E-state index is 10.4. The van der Waals surface area contributed by atoms with Crippen molar-refractivity contribution in [2.24, 2.45) is 5.92 Å². The second-order valence-electron chi connectivity index (χ2n) is 12.6. The monoisotopic (exact) mass is 601 g/mol. The molecule has 3 nitrogen and oxygen atoms in total. The minimum Gasteiger partial charge on any atom is -0.309 e. The van der Waals surface area contributed by atoms with E-state index in [1.165, 1.54) is 49.3 Å². The van der Waals surface area contributed by atoms with Crippen molar-refractivity contribution in [2.75, 3.05) is 0 Å². The topological polar surface area (TPSA) is 33.6 Å². The van der Waals surface area contributed by atoms with Gasteiger partial charge in [0.15, 0.2) is 0 Å². The smallest absolute Gasteiger partial charge is 0.101 e. The standard InChI is InChI=1S/C44H31N3/c1-29-24-31(30-12-4-2-5-13-30)22-23-35(29)32-20-21-33(28-45)42(25-32)47-41-19-11-9-17-37(41)39-26-43-38(27-44(39)47)36-16-8-10-18-40(36)46(43)34-14-6-3-7-15-34/h2-23,25-27,29H,24H2,1H3/t29-/m1/s1. The van der Waals surface area contributed by atoms with Gasteiger partial charge in [-0.3, -0.25) is 0 Å². The number of nitrogens with zero attached hydrogens (tertiary/aromatic N) is 3. The van der Waals surface area contributed by atoms with Gasteiger partial charge < -0.3 is 9.13 Å². The Kier molecular flexibility index (Phi) is 6.23. The third kappa shape index (κ3) is 4.26. The molecule has 0 radical (unpaired) electrons. The van der Waals surface area contributed by atoms with Gasteiger partial charge in [0, 0.05) is 27.2 Å². The number of aromatic nitrogens is 2. The summed E-state index contributed by atoms with van der Waals surface area (Å²) < 4.78 is 4.67. The molecule has 0 saturated heterocycles. The van der Waals surface area contributed by atoms with Crippen LogP contribution in [0.15, 0.2) is 152 Å². The van der Waals surface area contributed by atoms with Crippen molar-refractivity contribution < 1.29 is 0 Å². The van der Waals surface area contributed by atoms with E-state index in [9.17, 15) is 5.26 Å². The number of hydrogen-bond acceptors (Lipinski definition) is 1. The number of rotatable bonds is 4. The van der Waals surface area contributed by atoms with Gasteiger partial charge in [-0.15, -0.1) is 0 Å². The molecule has 1 aliphatic rings. The van der Waals surface area contributed by atoms with Crippen LogP contribution in [0.1, 0.15) is 30.0 Å². The molecule has 8 aromatic rings. The SMILES string of the molecule is C[C@@H]1CC(c2ccccc2)=CC=C1c1ccc(C#N)c(-n2c3ccccc3c3cc4c(cc32)c2ccccc2n4-c2ccccc2)c1. The summed E-state index contributed by atoms with van der Waals surface area (Å²) in [5, 5.41) is 15.2. The Bertz CT molecular complexity index is 2610. The van der Waals surface area contributed by atoms with Crippen LogP contribution in [0, 0.1) is 17.2 Å². The Morgan fingerprint density at radius 2 is 1.15 bits per heavy atom.